The number of rotatable bonds is 4. The molecule has 0 unspecified atom stereocenters. The molecule has 4 aromatic rings. The number of hydrogen-bond donors (Lipinski definition) is 3. The Hall–Kier alpha value is -4.17. The van der Waals surface area contributed by atoms with Crippen molar-refractivity contribution in [1.29, 1.82) is 5.26 Å². The molecule has 3 heterocycles. The summed E-state index contributed by atoms with van der Waals surface area (Å²) in [6, 6.07) is 6.78. The summed E-state index contributed by atoms with van der Waals surface area (Å²) in [7, 11) is 0. The Morgan fingerprint density at radius 1 is 1.35 bits per heavy atom. The van der Waals surface area contributed by atoms with Crippen LogP contribution in [0.5, 0.6) is 17.6 Å². The minimum atomic E-state index is -0.541. The number of benzene rings is 1. The zero-order chi connectivity index (χ0) is 21.5. The largest absolute Gasteiger partial charge is 0.493 e. The molecule has 0 radical (unpaired) electrons. The molecule has 3 aromatic heterocycles. The molecule has 1 aliphatic carbocycles. The van der Waals surface area contributed by atoms with Crippen LogP contribution in [-0.4, -0.2) is 40.7 Å². The lowest BCUT2D eigenvalue weighted by Gasteiger charge is -2.05. The fraction of sp³-hybridized carbons (Fsp3) is 0.158. The maximum absolute atomic E-state index is 11.4. The second kappa shape index (κ2) is 7.26. The molecule has 5 rings (SSSR count). The number of ether oxygens (including phenoxy) is 1. The molecule has 31 heavy (non-hydrogen) atoms. The summed E-state index contributed by atoms with van der Waals surface area (Å²) in [5, 5.41) is 23.9. The highest BCUT2D eigenvalue weighted by Crippen LogP contribution is 2.25. The van der Waals surface area contributed by atoms with Gasteiger partial charge in [0.2, 0.25) is 5.88 Å². The van der Waals surface area contributed by atoms with Gasteiger partial charge in [0.1, 0.15) is 17.5 Å². The van der Waals surface area contributed by atoms with Gasteiger partial charge in [-0.1, -0.05) is 11.6 Å². The van der Waals surface area contributed by atoms with E-state index in [0.717, 1.165) is 12.8 Å². The van der Waals surface area contributed by atoms with Crippen molar-refractivity contribution in [2.45, 2.75) is 18.9 Å². The minimum absolute atomic E-state index is 0.00890. The maximum Gasteiger partial charge on any atom is 0.327 e. The van der Waals surface area contributed by atoms with Gasteiger partial charge in [0.25, 0.3) is 5.62 Å². The van der Waals surface area contributed by atoms with Crippen molar-refractivity contribution in [3.05, 3.63) is 62.0 Å². The monoisotopic (exact) mass is 436 g/mol. The molecule has 1 saturated carbocycles. The molecule has 3 N–H and O–H groups in total. The number of aromatic hydroxyl groups is 1. The Morgan fingerprint density at radius 2 is 2.19 bits per heavy atom. The molecular formula is C19H13ClN8O3. The highest BCUT2D eigenvalue weighted by molar-refractivity contribution is 6.31. The molecule has 0 bridgehead atoms. The number of nitrogens with one attached hydrogen (secondary N) is 2. The number of nitrogens with zero attached hydrogens (tertiary/aromatic N) is 6. The molecule has 0 spiro atoms. The number of halogens is 1. The van der Waals surface area contributed by atoms with Gasteiger partial charge in [-0.15, -0.1) is 0 Å². The Morgan fingerprint density at radius 3 is 2.87 bits per heavy atom. The van der Waals surface area contributed by atoms with Gasteiger partial charge in [-0.25, -0.2) is 9.79 Å². The van der Waals surface area contributed by atoms with Crippen LogP contribution < -0.4 is 21.3 Å². The number of H-pyrrole nitrogens is 2. The summed E-state index contributed by atoms with van der Waals surface area (Å²) in [4.78, 5) is 29.5. The summed E-state index contributed by atoms with van der Waals surface area (Å²) < 4.78 is 7.23. The second-order valence-electron chi connectivity index (χ2n) is 6.84. The van der Waals surface area contributed by atoms with E-state index in [-0.39, 0.29) is 28.6 Å². The predicted molar refractivity (Wildman–Crippen MR) is 107 cm³/mol. The standard InChI is InChI=1S/C19H13ClN8O3/c20-13-6-12(4-1-9(13)7-21)31-19-25-15-10(5-14-16(29)26-18(30)24-14)8-22-28(15)17(27-19)23-11-2-3-11/h1,4-6,8,11,29H,2-3H2,(H2,24,26,30)/b10-5+,23-17?. The van der Waals surface area contributed by atoms with Gasteiger partial charge in [-0.3, -0.25) is 4.98 Å². The van der Waals surface area contributed by atoms with E-state index in [1.807, 2.05) is 6.07 Å². The second-order valence-corrected chi connectivity index (χ2v) is 7.25. The lowest BCUT2D eigenvalue weighted by molar-refractivity contribution is 0.435. The van der Waals surface area contributed by atoms with E-state index in [9.17, 15) is 9.90 Å². The molecule has 12 heteroatoms. The summed E-state index contributed by atoms with van der Waals surface area (Å²) >= 11 is 6.08. The van der Waals surface area contributed by atoms with Crippen LogP contribution in [0.15, 0.2) is 34.2 Å². The van der Waals surface area contributed by atoms with Gasteiger partial charge in [0.15, 0.2) is 5.65 Å². The SMILES string of the molecule is N#Cc1ccc(Oc2nc(=NC3CC3)n3nc/c(=C\c4[nH]c(=O)[nH]c4O)c3n2)cc1Cl. The lowest BCUT2D eigenvalue weighted by atomic mass is 10.2. The van der Waals surface area contributed by atoms with Crippen LogP contribution in [0.3, 0.4) is 0 Å². The van der Waals surface area contributed by atoms with Crippen LogP contribution in [0.4, 0.5) is 0 Å². The third-order valence-electron chi connectivity index (χ3n) is 4.51. The molecular weight excluding hydrogens is 424 g/mol. The molecule has 0 amide bonds. The quantitative estimate of drug-likeness (QED) is 0.426. The van der Waals surface area contributed by atoms with E-state index < -0.39 is 5.69 Å². The van der Waals surface area contributed by atoms with Gasteiger partial charge in [-0.2, -0.15) is 24.8 Å². The Kier molecular flexibility index (Phi) is 4.41. The molecule has 1 aromatic carbocycles. The first-order valence-electron chi connectivity index (χ1n) is 9.20. The van der Waals surface area contributed by atoms with Crippen molar-refractivity contribution in [2.24, 2.45) is 4.99 Å². The summed E-state index contributed by atoms with van der Waals surface area (Å²) in [6.45, 7) is 0. The van der Waals surface area contributed by atoms with Gasteiger partial charge in [-0.05, 0) is 31.1 Å². The zero-order valence-electron chi connectivity index (χ0n) is 15.7. The number of aromatic nitrogens is 6. The van der Waals surface area contributed by atoms with E-state index in [2.05, 4.69) is 30.0 Å². The normalized spacial score (nSPS) is 14.8. The van der Waals surface area contributed by atoms with E-state index in [4.69, 9.17) is 21.6 Å². The van der Waals surface area contributed by atoms with Crippen LogP contribution in [0.2, 0.25) is 5.02 Å². The van der Waals surface area contributed by atoms with Crippen molar-refractivity contribution < 1.29 is 9.84 Å². The van der Waals surface area contributed by atoms with E-state index >= 15 is 0 Å². The number of imidazole rings is 1. The van der Waals surface area contributed by atoms with E-state index in [1.165, 1.54) is 28.9 Å². The third kappa shape index (κ3) is 3.72. The molecule has 1 aliphatic rings. The minimum Gasteiger partial charge on any atom is -0.493 e. The average Bonchev–Trinajstić information content (AvgIpc) is 3.37. The number of hydrogen-bond acceptors (Lipinski definition) is 8. The van der Waals surface area contributed by atoms with Gasteiger partial charge in [0.05, 0.1) is 22.8 Å². The van der Waals surface area contributed by atoms with Crippen molar-refractivity contribution in [2.75, 3.05) is 0 Å². The molecule has 0 aliphatic heterocycles. The number of nitriles is 1. The molecule has 0 saturated heterocycles. The van der Waals surface area contributed by atoms with Crippen LogP contribution in [-0.2, 0) is 0 Å². The first-order chi connectivity index (χ1) is 15.0. The molecule has 1 fully saturated rings. The van der Waals surface area contributed by atoms with Crippen molar-refractivity contribution in [3.63, 3.8) is 0 Å². The zero-order valence-corrected chi connectivity index (χ0v) is 16.5. The Bertz CT molecular complexity index is 1540. The fourth-order valence-electron chi connectivity index (χ4n) is 2.86. The highest BCUT2D eigenvalue weighted by Gasteiger charge is 2.21. The summed E-state index contributed by atoms with van der Waals surface area (Å²) in [5.74, 6) is 0.0494. The van der Waals surface area contributed by atoms with Crippen LogP contribution >= 0.6 is 11.6 Å². The third-order valence-corrected chi connectivity index (χ3v) is 4.82. The van der Waals surface area contributed by atoms with Crippen LogP contribution in [0.1, 0.15) is 24.1 Å². The van der Waals surface area contributed by atoms with E-state index in [1.54, 1.807) is 6.07 Å². The number of aromatic amines is 2. The first-order valence-corrected chi connectivity index (χ1v) is 9.58. The molecule has 0 atom stereocenters. The van der Waals surface area contributed by atoms with Crippen molar-refractivity contribution in [3.8, 4) is 23.7 Å². The topological polar surface area (TPSA) is 157 Å². The molecule has 11 nitrogen and oxygen atoms in total. The Balaban J connectivity index is 1.65. The van der Waals surface area contributed by atoms with Gasteiger partial charge >= 0.3 is 11.7 Å². The van der Waals surface area contributed by atoms with Crippen LogP contribution in [0, 0.1) is 11.3 Å². The van der Waals surface area contributed by atoms with Crippen molar-refractivity contribution >= 4 is 23.3 Å². The highest BCUT2D eigenvalue weighted by atomic mass is 35.5. The Labute approximate surface area is 178 Å². The predicted octanol–water partition coefficient (Wildman–Crippen LogP) is 0.774. The van der Waals surface area contributed by atoms with E-state index in [0.29, 0.717) is 27.8 Å². The summed E-state index contributed by atoms with van der Waals surface area (Å²) in [6.07, 6.45) is 4.96. The van der Waals surface area contributed by atoms with Gasteiger partial charge < -0.3 is 14.8 Å². The smallest absolute Gasteiger partial charge is 0.327 e. The fourth-order valence-corrected chi connectivity index (χ4v) is 3.08. The molecule has 154 valence electrons. The maximum atomic E-state index is 11.4. The lowest BCUT2D eigenvalue weighted by Crippen LogP contribution is -2.23. The number of fused-ring (bicyclic) bond motifs is 1. The summed E-state index contributed by atoms with van der Waals surface area (Å²) in [5.41, 5.74) is 0.642. The average molecular weight is 437 g/mol. The van der Waals surface area contributed by atoms with Crippen molar-refractivity contribution in [1.82, 2.24) is 29.5 Å². The van der Waals surface area contributed by atoms with Gasteiger partial charge in [0, 0.05) is 11.3 Å². The van der Waals surface area contributed by atoms with Crippen LogP contribution in [0.25, 0.3) is 11.7 Å². The first kappa shape index (κ1) is 18.8.